The van der Waals surface area contributed by atoms with Crippen LogP contribution in [0.3, 0.4) is 0 Å². The van der Waals surface area contributed by atoms with Crippen LogP contribution in [0.25, 0.3) is 0 Å². The fourth-order valence-corrected chi connectivity index (χ4v) is 3.00. The van der Waals surface area contributed by atoms with Crippen LogP contribution in [0.5, 0.6) is 0 Å². The molecular formula is C19H22FN3O2. The Balaban J connectivity index is 1.82. The van der Waals surface area contributed by atoms with Crippen molar-refractivity contribution in [3.05, 3.63) is 59.2 Å². The first-order valence-corrected chi connectivity index (χ1v) is 8.39. The molecule has 0 radical (unpaired) electrons. The van der Waals surface area contributed by atoms with Crippen molar-refractivity contribution in [3.63, 3.8) is 0 Å². The smallest absolute Gasteiger partial charge is 0.253 e. The molecule has 1 N–H and O–H groups in total. The third kappa shape index (κ3) is 4.14. The summed E-state index contributed by atoms with van der Waals surface area (Å²) in [6.45, 7) is 6.54. The summed E-state index contributed by atoms with van der Waals surface area (Å²) in [5, 5.41) is 2.94. The van der Waals surface area contributed by atoms with Crippen molar-refractivity contribution in [1.82, 2.24) is 10.3 Å². The summed E-state index contributed by atoms with van der Waals surface area (Å²) < 4.78 is 19.2. The molecule has 1 aliphatic heterocycles. The minimum Gasteiger partial charge on any atom is -0.378 e. The molecule has 1 atom stereocenters. The van der Waals surface area contributed by atoms with E-state index in [1.54, 1.807) is 18.3 Å². The number of halogens is 1. The third-order valence-electron chi connectivity index (χ3n) is 4.29. The first kappa shape index (κ1) is 17.4. The van der Waals surface area contributed by atoms with Crippen LogP contribution in [0.1, 0.15) is 34.5 Å². The summed E-state index contributed by atoms with van der Waals surface area (Å²) in [5.41, 5.74) is 3.10. The highest BCUT2D eigenvalue weighted by Crippen LogP contribution is 2.28. The van der Waals surface area contributed by atoms with Crippen LogP contribution >= 0.6 is 0 Å². The predicted molar refractivity (Wildman–Crippen MR) is 94.3 cm³/mol. The second-order valence-corrected chi connectivity index (χ2v) is 6.25. The SMILES string of the molecule is Cc1cncc(C(=O)NC(C)c2cc(F)ccc2N2CCOCC2)c1. The average molecular weight is 343 g/mol. The zero-order valence-corrected chi connectivity index (χ0v) is 14.5. The van der Waals surface area contributed by atoms with Gasteiger partial charge in [-0.15, -0.1) is 0 Å². The Bertz CT molecular complexity index is 760. The quantitative estimate of drug-likeness (QED) is 0.927. The van der Waals surface area contributed by atoms with E-state index in [4.69, 9.17) is 4.74 Å². The molecule has 1 aromatic carbocycles. The van der Waals surface area contributed by atoms with Crippen LogP contribution in [0.15, 0.2) is 36.7 Å². The third-order valence-corrected chi connectivity index (χ3v) is 4.29. The molecule has 0 saturated carbocycles. The molecule has 1 aliphatic rings. The molecule has 1 saturated heterocycles. The van der Waals surface area contributed by atoms with Crippen LogP contribution in [0, 0.1) is 12.7 Å². The van der Waals surface area contributed by atoms with Gasteiger partial charge in [-0.1, -0.05) is 0 Å². The summed E-state index contributed by atoms with van der Waals surface area (Å²) in [5.74, 6) is -0.536. The van der Waals surface area contributed by atoms with Gasteiger partial charge in [0.15, 0.2) is 0 Å². The number of pyridine rings is 1. The van der Waals surface area contributed by atoms with E-state index in [-0.39, 0.29) is 17.8 Å². The molecule has 0 bridgehead atoms. The number of rotatable bonds is 4. The lowest BCUT2D eigenvalue weighted by Gasteiger charge is -2.32. The van der Waals surface area contributed by atoms with E-state index in [2.05, 4.69) is 15.2 Å². The van der Waals surface area contributed by atoms with Crippen molar-refractivity contribution in [1.29, 1.82) is 0 Å². The first-order chi connectivity index (χ1) is 12.0. The van der Waals surface area contributed by atoms with Crippen LogP contribution < -0.4 is 10.2 Å². The van der Waals surface area contributed by atoms with Crippen molar-refractivity contribution in [3.8, 4) is 0 Å². The van der Waals surface area contributed by atoms with E-state index < -0.39 is 0 Å². The molecular weight excluding hydrogens is 321 g/mol. The van der Waals surface area contributed by atoms with E-state index in [1.165, 1.54) is 18.3 Å². The number of morpholine rings is 1. The molecule has 2 heterocycles. The lowest BCUT2D eigenvalue weighted by atomic mass is 10.0. The van der Waals surface area contributed by atoms with E-state index in [9.17, 15) is 9.18 Å². The Morgan fingerprint density at radius 2 is 2.04 bits per heavy atom. The number of carbonyl (C=O) groups excluding carboxylic acids is 1. The Morgan fingerprint density at radius 3 is 2.76 bits per heavy atom. The standard InChI is InChI=1S/C19H22FN3O2/c1-13-9-15(12-21-11-13)19(24)22-14(2)17-10-16(20)3-4-18(17)23-5-7-25-8-6-23/h3-4,9-12,14H,5-8H2,1-2H3,(H,22,24). The van der Waals surface area contributed by atoms with Crippen LogP contribution in [-0.2, 0) is 4.74 Å². The van der Waals surface area contributed by atoms with Crippen LogP contribution in [0.2, 0.25) is 0 Å². The highest BCUT2D eigenvalue weighted by Gasteiger charge is 2.20. The number of nitrogens with one attached hydrogen (secondary N) is 1. The van der Waals surface area contributed by atoms with Gasteiger partial charge in [-0.05, 0) is 43.7 Å². The fraction of sp³-hybridized carbons (Fsp3) is 0.368. The lowest BCUT2D eigenvalue weighted by Crippen LogP contribution is -2.37. The molecule has 1 amide bonds. The Labute approximate surface area is 146 Å². The number of hydrogen-bond acceptors (Lipinski definition) is 4. The summed E-state index contributed by atoms with van der Waals surface area (Å²) in [6.07, 6.45) is 3.23. The number of benzene rings is 1. The topological polar surface area (TPSA) is 54.5 Å². The molecule has 2 aromatic rings. The second-order valence-electron chi connectivity index (χ2n) is 6.25. The van der Waals surface area contributed by atoms with Gasteiger partial charge in [0.1, 0.15) is 5.82 Å². The highest BCUT2D eigenvalue weighted by atomic mass is 19.1. The molecule has 1 aromatic heterocycles. The molecule has 5 nitrogen and oxygen atoms in total. The number of hydrogen-bond donors (Lipinski definition) is 1. The number of aromatic nitrogens is 1. The maximum absolute atomic E-state index is 13.8. The maximum atomic E-state index is 13.8. The minimum atomic E-state index is -0.332. The number of anilines is 1. The summed E-state index contributed by atoms with van der Waals surface area (Å²) in [6, 6.07) is 6.16. The van der Waals surface area contributed by atoms with Crippen LogP contribution in [0.4, 0.5) is 10.1 Å². The molecule has 0 spiro atoms. The summed E-state index contributed by atoms with van der Waals surface area (Å²) in [4.78, 5) is 18.7. The zero-order chi connectivity index (χ0) is 17.8. The Hall–Kier alpha value is -2.47. The molecule has 25 heavy (non-hydrogen) atoms. The van der Waals surface area contributed by atoms with Gasteiger partial charge >= 0.3 is 0 Å². The number of carbonyl (C=O) groups is 1. The summed E-state index contributed by atoms with van der Waals surface area (Å²) in [7, 11) is 0. The number of nitrogens with zero attached hydrogens (tertiary/aromatic N) is 2. The van der Waals surface area contributed by atoms with Crippen molar-refractivity contribution >= 4 is 11.6 Å². The Kier molecular flexibility index (Phi) is 5.28. The van der Waals surface area contributed by atoms with Gasteiger partial charge in [-0.2, -0.15) is 0 Å². The van der Waals surface area contributed by atoms with Gasteiger partial charge < -0.3 is 15.0 Å². The van der Waals surface area contributed by atoms with E-state index in [0.717, 1.165) is 29.9 Å². The average Bonchev–Trinajstić information content (AvgIpc) is 2.62. The summed E-state index contributed by atoms with van der Waals surface area (Å²) >= 11 is 0. The van der Waals surface area contributed by atoms with Gasteiger partial charge in [0.2, 0.25) is 0 Å². The van der Waals surface area contributed by atoms with E-state index in [1.807, 2.05) is 13.8 Å². The van der Waals surface area contributed by atoms with Gasteiger partial charge in [-0.3, -0.25) is 9.78 Å². The van der Waals surface area contributed by atoms with Crippen molar-refractivity contribution in [2.75, 3.05) is 31.2 Å². The van der Waals surface area contributed by atoms with Gasteiger partial charge in [-0.25, -0.2) is 4.39 Å². The maximum Gasteiger partial charge on any atom is 0.253 e. The van der Waals surface area contributed by atoms with Gasteiger partial charge in [0.25, 0.3) is 5.91 Å². The molecule has 3 rings (SSSR count). The van der Waals surface area contributed by atoms with Gasteiger partial charge in [0, 0.05) is 36.7 Å². The molecule has 0 aliphatic carbocycles. The zero-order valence-electron chi connectivity index (χ0n) is 14.5. The molecule has 132 valence electrons. The number of aryl methyl sites for hydroxylation is 1. The predicted octanol–water partition coefficient (Wildman–Crippen LogP) is 2.86. The van der Waals surface area contributed by atoms with Gasteiger partial charge in [0.05, 0.1) is 24.8 Å². The van der Waals surface area contributed by atoms with Crippen molar-refractivity contribution < 1.29 is 13.9 Å². The fourth-order valence-electron chi connectivity index (χ4n) is 3.00. The normalized spacial score (nSPS) is 15.7. The van der Waals surface area contributed by atoms with E-state index in [0.29, 0.717) is 18.8 Å². The lowest BCUT2D eigenvalue weighted by molar-refractivity contribution is 0.0939. The number of amides is 1. The number of ether oxygens (including phenoxy) is 1. The molecule has 1 unspecified atom stereocenters. The minimum absolute atomic E-state index is 0.221. The van der Waals surface area contributed by atoms with Crippen molar-refractivity contribution in [2.24, 2.45) is 0 Å². The Morgan fingerprint density at radius 1 is 1.28 bits per heavy atom. The molecule has 1 fully saturated rings. The van der Waals surface area contributed by atoms with Crippen LogP contribution in [-0.4, -0.2) is 37.2 Å². The highest BCUT2D eigenvalue weighted by molar-refractivity contribution is 5.94. The van der Waals surface area contributed by atoms with E-state index >= 15 is 0 Å². The monoisotopic (exact) mass is 343 g/mol. The largest absolute Gasteiger partial charge is 0.378 e. The first-order valence-electron chi connectivity index (χ1n) is 8.39. The molecule has 6 heteroatoms. The van der Waals surface area contributed by atoms with Crippen molar-refractivity contribution in [2.45, 2.75) is 19.9 Å². The second kappa shape index (κ2) is 7.61.